The van der Waals surface area contributed by atoms with Crippen LogP contribution in [0.15, 0.2) is 47.4 Å². The molecule has 24 heavy (non-hydrogen) atoms. The van der Waals surface area contributed by atoms with Crippen molar-refractivity contribution in [3.05, 3.63) is 64.1 Å². The predicted octanol–water partition coefficient (Wildman–Crippen LogP) is 1.42. The van der Waals surface area contributed by atoms with E-state index in [4.69, 9.17) is 4.74 Å². The van der Waals surface area contributed by atoms with E-state index in [1.807, 2.05) is 0 Å². The van der Waals surface area contributed by atoms with Gasteiger partial charge in [0.05, 0.1) is 32.2 Å². The third-order valence-electron chi connectivity index (χ3n) is 3.47. The molecule has 0 aliphatic carbocycles. The molecule has 0 aliphatic rings. The molecule has 1 heterocycles. The van der Waals surface area contributed by atoms with E-state index >= 15 is 0 Å². The van der Waals surface area contributed by atoms with Crippen LogP contribution in [0.2, 0.25) is 0 Å². The zero-order valence-corrected chi connectivity index (χ0v) is 13.4. The number of rotatable bonds is 6. The lowest BCUT2D eigenvalue weighted by Crippen LogP contribution is -2.30. The first-order valence-electron chi connectivity index (χ1n) is 7.24. The summed E-state index contributed by atoms with van der Waals surface area (Å²) in [4.78, 5) is 37.5. The molecule has 2 aromatic rings. The molecule has 0 bridgehead atoms. The molecule has 0 fully saturated rings. The van der Waals surface area contributed by atoms with Gasteiger partial charge in [-0.2, -0.15) is 0 Å². The van der Waals surface area contributed by atoms with Gasteiger partial charge in [-0.05, 0) is 23.8 Å². The molecule has 2 rings (SSSR count). The van der Waals surface area contributed by atoms with E-state index in [1.54, 1.807) is 31.4 Å². The van der Waals surface area contributed by atoms with Crippen molar-refractivity contribution in [2.75, 3.05) is 14.2 Å². The van der Waals surface area contributed by atoms with E-state index in [0.29, 0.717) is 5.75 Å². The molecular weight excluding hydrogens is 312 g/mol. The van der Waals surface area contributed by atoms with Gasteiger partial charge in [0.2, 0.25) is 5.56 Å². The summed E-state index contributed by atoms with van der Waals surface area (Å²) >= 11 is 0. The summed E-state index contributed by atoms with van der Waals surface area (Å²) in [6.07, 6.45) is 1.30. The van der Waals surface area contributed by atoms with Crippen LogP contribution in [0.5, 0.6) is 5.75 Å². The smallest absolute Gasteiger partial charge is 0.307 e. The number of hydrogen-bond donors (Lipinski definition) is 2. The lowest BCUT2D eigenvalue weighted by atomic mass is 10.0. The topological polar surface area (TPSA) is 97.5 Å². The summed E-state index contributed by atoms with van der Waals surface area (Å²) in [5.41, 5.74) is 0.727. The lowest BCUT2D eigenvalue weighted by Gasteiger charge is -2.18. The molecular formula is C17H18N2O5. The predicted molar refractivity (Wildman–Crippen MR) is 86.9 cm³/mol. The molecule has 0 radical (unpaired) electrons. The Morgan fingerprint density at radius 1 is 1.12 bits per heavy atom. The third kappa shape index (κ3) is 4.45. The van der Waals surface area contributed by atoms with Crippen LogP contribution >= 0.6 is 0 Å². The van der Waals surface area contributed by atoms with Crippen molar-refractivity contribution >= 4 is 11.9 Å². The van der Waals surface area contributed by atoms with Gasteiger partial charge < -0.3 is 19.8 Å². The Morgan fingerprint density at radius 2 is 1.83 bits per heavy atom. The molecule has 7 nitrogen and oxygen atoms in total. The number of aromatic nitrogens is 1. The fourth-order valence-corrected chi connectivity index (χ4v) is 2.13. The average molecular weight is 330 g/mol. The van der Waals surface area contributed by atoms with Crippen LogP contribution in [0.4, 0.5) is 0 Å². The van der Waals surface area contributed by atoms with Gasteiger partial charge in [0.25, 0.3) is 5.91 Å². The Morgan fingerprint density at radius 3 is 2.38 bits per heavy atom. The van der Waals surface area contributed by atoms with Crippen LogP contribution in [-0.4, -0.2) is 31.1 Å². The number of carbonyl (C=O) groups is 2. The number of aromatic amines is 1. The summed E-state index contributed by atoms with van der Waals surface area (Å²) in [5.74, 6) is -0.184. The summed E-state index contributed by atoms with van der Waals surface area (Å²) in [5, 5.41) is 2.77. The van der Waals surface area contributed by atoms with Crippen LogP contribution < -0.4 is 15.6 Å². The van der Waals surface area contributed by atoms with Gasteiger partial charge in [0.15, 0.2) is 0 Å². The minimum absolute atomic E-state index is 0.0160. The van der Waals surface area contributed by atoms with Crippen molar-refractivity contribution in [1.82, 2.24) is 10.3 Å². The lowest BCUT2D eigenvalue weighted by molar-refractivity contribution is -0.141. The number of pyridine rings is 1. The molecule has 126 valence electrons. The zero-order valence-electron chi connectivity index (χ0n) is 13.4. The minimum Gasteiger partial charge on any atom is -0.497 e. The highest BCUT2D eigenvalue weighted by atomic mass is 16.5. The second kappa shape index (κ2) is 7.96. The first kappa shape index (κ1) is 17.3. The first-order valence-corrected chi connectivity index (χ1v) is 7.24. The summed E-state index contributed by atoms with van der Waals surface area (Å²) in [6, 6.07) is 9.12. The van der Waals surface area contributed by atoms with Gasteiger partial charge in [0.1, 0.15) is 5.75 Å². The number of amides is 1. The van der Waals surface area contributed by atoms with Gasteiger partial charge in [0, 0.05) is 12.3 Å². The Balaban J connectivity index is 2.21. The van der Waals surface area contributed by atoms with Crippen LogP contribution in [0, 0.1) is 0 Å². The van der Waals surface area contributed by atoms with E-state index in [9.17, 15) is 14.4 Å². The SMILES string of the molecule is COC(=O)C[C@@H](NC(=O)c1ccc(=O)[nH]c1)c1ccc(OC)cc1. The quantitative estimate of drug-likeness (QED) is 0.781. The number of methoxy groups -OCH3 is 2. The molecule has 0 aliphatic heterocycles. The molecule has 0 unspecified atom stereocenters. The highest BCUT2D eigenvalue weighted by molar-refractivity contribution is 5.94. The van der Waals surface area contributed by atoms with Gasteiger partial charge in [-0.3, -0.25) is 14.4 Å². The van der Waals surface area contributed by atoms with Gasteiger partial charge in [-0.25, -0.2) is 0 Å². The summed E-state index contributed by atoms with van der Waals surface area (Å²) in [6.45, 7) is 0. The molecule has 1 aromatic carbocycles. The molecule has 7 heteroatoms. The number of ether oxygens (including phenoxy) is 2. The van der Waals surface area contributed by atoms with E-state index < -0.39 is 17.9 Å². The molecule has 2 N–H and O–H groups in total. The molecule has 1 amide bonds. The summed E-state index contributed by atoms with van der Waals surface area (Å²) in [7, 11) is 2.84. The van der Waals surface area contributed by atoms with E-state index in [-0.39, 0.29) is 17.5 Å². The largest absolute Gasteiger partial charge is 0.497 e. The second-order valence-corrected chi connectivity index (χ2v) is 5.02. The second-order valence-electron chi connectivity index (χ2n) is 5.02. The minimum atomic E-state index is -0.567. The fraction of sp³-hybridized carbons (Fsp3) is 0.235. The van der Waals surface area contributed by atoms with Gasteiger partial charge in [-0.15, -0.1) is 0 Å². The maximum atomic E-state index is 12.3. The maximum absolute atomic E-state index is 12.3. The normalized spacial score (nSPS) is 11.4. The van der Waals surface area contributed by atoms with Crippen molar-refractivity contribution in [2.45, 2.75) is 12.5 Å². The van der Waals surface area contributed by atoms with Gasteiger partial charge in [-0.1, -0.05) is 12.1 Å². The Kier molecular flexibility index (Phi) is 5.73. The molecule has 0 saturated heterocycles. The molecule has 1 atom stereocenters. The number of nitrogens with one attached hydrogen (secondary N) is 2. The third-order valence-corrected chi connectivity index (χ3v) is 3.47. The van der Waals surface area contributed by atoms with Crippen LogP contribution in [-0.2, 0) is 9.53 Å². The number of benzene rings is 1. The zero-order chi connectivity index (χ0) is 17.5. The van der Waals surface area contributed by atoms with Gasteiger partial charge >= 0.3 is 5.97 Å². The number of esters is 1. The highest BCUT2D eigenvalue weighted by Crippen LogP contribution is 2.21. The Bertz CT molecular complexity index is 747. The number of H-pyrrole nitrogens is 1. The van der Waals surface area contributed by atoms with Crippen molar-refractivity contribution in [3.63, 3.8) is 0 Å². The average Bonchev–Trinajstić information content (AvgIpc) is 2.61. The van der Waals surface area contributed by atoms with Crippen molar-refractivity contribution in [3.8, 4) is 5.75 Å². The molecule has 1 aromatic heterocycles. The number of carbonyl (C=O) groups excluding carboxylic acids is 2. The monoisotopic (exact) mass is 330 g/mol. The highest BCUT2D eigenvalue weighted by Gasteiger charge is 2.20. The summed E-state index contributed by atoms with van der Waals surface area (Å²) < 4.78 is 9.79. The molecule has 0 saturated carbocycles. The van der Waals surface area contributed by atoms with Crippen LogP contribution in [0.25, 0.3) is 0 Å². The van der Waals surface area contributed by atoms with Crippen LogP contribution in [0.1, 0.15) is 28.4 Å². The standard InChI is InChI=1S/C17H18N2O5/c1-23-13-6-3-11(4-7-13)14(9-16(21)24-2)19-17(22)12-5-8-15(20)18-10-12/h3-8,10,14H,9H2,1-2H3,(H,18,20)(H,19,22)/t14-/m1/s1. The van der Waals surface area contributed by atoms with Crippen molar-refractivity contribution in [1.29, 1.82) is 0 Å². The van der Waals surface area contributed by atoms with E-state index in [2.05, 4.69) is 15.0 Å². The number of hydrogen-bond acceptors (Lipinski definition) is 5. The fourth-order valence-electron chi connectivity index (χ4n) is 2.13. The van der Waals surface area contributed by atoms with Crippen molar-refractivity contribution < 1.29 is 19.1 Å². The first-order chi connectivity index (χ1) is 11.5. The van der Waals surface area contributed by atoms with Crippen LogP contribution in [0.3, 0.4) is 0 Å². The van der Waals surface area contributed by atoms with E-state index in [1.165, 1.54) is 25.4 Å². The van der Waals surface area contributed by atoms with E-state index in [0.717, 1.165) is 5.56 Å². The maximum Gasteiger partial charge on any atom is 0.307 e. The van der Waals surface area contributed by atoms with Crippen molar-refractivity contribution in [2.24, 2.45) is 0 Å². The Hall–Kier alpha value is -3.09. The molecule has 0 spiro atoms. The Labute approximate surface area is 138 Å².